The van der Waals surface area contributed by atoms with Gasteiger partial charge in [0.1, 0.15) is 18.0 Å². The van der Waals surface area contributed by atoms with Crippen LogP contribution in [0.5, 0.6) is 0 Å². The maximum absolute atomic E-state index is 4.54. The second kappa shape index (κ2) is 7.31. The van der Waals surface area contributed by atoms with E-state index < -0.39 is 0 Å². The molecule has 4 heteroatoms. The summed E-state index contributed by atoms with van der Waals surface area (Å²) in [7, 11) is 0. The first-order valence-electron chi connectivity index (χ1n) is 7.34. The Morgan fingerprint density at radius 2 is 1.84 bits per heavy atom. The van der Waals surface area contributed by atoms with Crippen LogP contribution in [0.25, 0.3) is 0 Å². The molecule has 108 valence electrons. The van der Waals surface area contributed by atoms with Crippen molar-refractivity contribution in [2.24, 2.45) is 5.92 Å². The standard InChI is InChI=1S/C15H28N4/c1-7-16-14-13(12(5)6)15(18-10-17-14)19(8-2)9-11(3)4/h10-12H,7-9H2,1-6H3,(H,16,17,18). The first kappa shape index (κ1) is 15.7. The third kappa shape index (κ3) is 4.08. The van der Waals surface area contributed by atoms with Crippen molar-refractivity contribution in [2.45, 2.75) is 47.5 Å². The molecule has 0 amide bonds. The molecular weight excluding hydrogens is 236 g/mol. The number of hydrogen-bond donors (Lipinski definition) is 1. The third-order valence-electron chi connectivity index (χ3n) is 3.05. The van der Waals surface area contributed by atoms with Gasteiger partial charge in [0.2, 0.25) is 0 Å². The van der Waals surface area contributed by atoms with E-state index >= 15 is 0 Å². The van der Waals surface area contributed by atoms with Crippen molar-refractivity contribution in [3.05, 3.63) is 11.9 Å². The largest absolute Gasteiger partial charge is 0.370 e. The Labute approximate surface area is 117 Å². The first-order valence-corrected chi connectivity index (χ1v) is 7.34. The van der Waals surface area contributed by atoms with Crippen LogP contribution < -0.4 is 10.2 Å². The van der Waals surface area contributed by atoms with Crippen LogP contribution in [0.15, 0.2) is 6.33 Å². The van der Waals surface area contributed by atoms with Gasteiger partial charge in [0.25, 0.3) is 0 Å². The number of nitrogens with one attached hydrogen (secondary N) is 1. The maximum atomic E-state index is 4.54. The Kier molecular flexibility index (Phi) is 6.06. The van der Waals surface area contributed by atoms with Gasteiger partial charge in [-0.25, -0.2) is 9.97 Å². The summed E-state index contributed by atoms with van der Waals surface area (Å²) in [5.41, 5.74) is 1.23. The van der Waals surface area contributed by atoms with Crippen LogP contribution >= 0.6 is 0 Å². The van der Waals surface area contributed by atoms with Gasteiger partial charge in [-0.2, -0.15) is 0 Å². The predicted molar refractivity (Wildman–Crippen MR) is 83.0 cm³/mol. The second-order valence-electron chi connectivity index (χ2n) is 5.58. The van der Waals surface area contributed by atoms with Gasteiger partial charge < -0.3 is 10.2 Å². The molecular formula is C15H28N4. The molecule has 0 aromatic carbocycles. The smallest absolute Gasteiger partial charge is 0.137 e. The monoisotopic (exact) mass is 264 g/mol. The first-order chi connectivity index (χ1) is 9.01. The van der Waals surface area contributed by atoms with Crippen LogP contribution in [0.3, 0.4) is 0 Å². The second-order valence-corrected chi connectivity index (χ2v) is 5.58. The average molecular weight is 264 g/mol. The maximum Gasteiger partial charge on any atom is 0.137 e. The molecule has 0 aliphatic carbocycles. The predicted octanol–water partition coefficient (Wildman–Crippen LogP) is 3.51. The lowest BCUT2D eigenvalue weighted by atomic mass is 10.0. The molecule has 0 bridgehead atoms. The van der Waals surface area contributed by atoms with Gasteiger partial charge in [-0.1, -0.05) is 27.7 Å². The normalized spacial score (nSPS) is 11.2. The van der Waals surface area contributed by atoms with Crippen molar-refractivity contribution in [1.82, 2.24) is 9.97 Å². The van der Waals surface area contributed by atoms with E-state index in [1.807, 2.05) is 0 Å². The zero-order valence-electron chi connectivity index (χ0n) is 13.2. The number of hydrogen-bond acceptors (Lipinski definition) is 4. The third-order valence-corrected chi connectivity index (χ3v) is 3.05. The van der Waals surface area contributed by atoms with Gasteiger partial charge >= 0.3 is 0 Å². The number of aromatic nitrogens is 2. The fourth-order valence-electron chi connectivity index (χ4n) is 2.28. The van der Waals surface area contributed by atoms with Crippen LogP contribution in [0.1, 0.15) is 53.0 Å². The summed E-state index contributed by atoms with van der Waals surface area (Å²) in [6.07, 6.45) is 1.67. The number of rotatable bonds is 7. The molecule has 0 fully saturated rings. The van der Waals surface area contributed by atoms with E-state index in [9.17, 15) is 0 Å². The Hall–Kier alpha value is -1.32. The van der Waals surface area contributed by atoms with Crippen molar-refractivity contribution < 1.29 is 0 Å². The molecule has 1 N–H and O–H groups in total. The molecule has 1 aromatic rings. The molecule has 1 heterocycles. The minimum atomic E-state index is 0.409. The van der Waals surface area contributed by atoms with E-state index in [0.717, 1.165) is 31.3 Å². The Morgan fingerprint density at radius 1 is 1.16 bits per heavy atom. The molecule has 0 aliphatic heterocycles. The molecule has 0 atom stereocenters. The van der Waals surface area contributed by atoms with E-state index in [-0.39, 0.29) is 0 Å². The topological polar surface area (TPSA) is 41.1 Å². The van der Waals surface area contributed by atoms with Gasteiger partial charge in [-0.15, -0.1) is 0 Å². The molecule has 0 saturated carbocycles. The molecule has 4 nitrogen and oxygen atoms in total. The average Bonchev–Trinajstić information content (AvgIpc) is 2.35. The van der Waals surface area contributed by atoms with Gasteiger partial charge in [0.05, 0.1) is 0 Å². The number of anilines is 2. The quantitative estimate of drug-likeness (QED) is 0.818. The Morgan fingerprint density at radius 3 is 2.32 bits per heavy atom. The van der Waals surface area contributed by atoms with Crippen LogP contribution in [-0.4, -0.2) is 29.6 Å². The molecule has 0 spiro atoms. The lowest BCUT2D eigenvalue weighted by Gasteiger charge is -2.28. The van der Waals surface area contributed by atoms with Gasteiger partial charge in [0, 0.05) is 25.2 Å². The highest BCUT2D eigenvalue weighted by atomic mass is 15.2. The fraction of sp³-hybridized carbons (Fsp3) is 0.733. The van der Waals surface area contributed by atoms with Crippen molar-refractivity contribution in [3.63, 3.8) is 0 Å². The van der Waals surface area contributed by atoms with Crippen molar-refractivity contribution in [1.29, 1.82) is 0 Å². The highest BCUT2D eigenvalue weighted by Crippen LogP contribution is 2.31. The molecule has 1 aromatic heterocycles. The SMILES string of the molecule is CCNc1ncnc(N(CC)CC(C)C)c1C(C)C. The van der Waals surface area contributed by atoms with E-state index in [0.29, 0.717) is 11.8 Å². The minimum Gasteiger partial charge on any atom is -0.370 e. The highest BCUT2D eigenvalue weighted by molar-refractivity contribution is 5.60. The lowest BCUT2D eigenvalue weighted by molar-refractivity contribution is 0.610. The minimum absolute atomic E-state index is 0.409. The summed E-state index contributed by atoms with van der Waals surface area (Å²) < 4.78 is 0. The van der Waals surface area contributed by atoms with E-state index in [2.05, 4.69) is 61.7 Å². The highest BCUT2D eigenvalue weighted by Gasteiger charge is 2.19. The summed E-state index contributed by atoms with van der Waals surface area (Å²) in [4.78, 5) is 11.3. The summed E-state index contributed by atoms with van der Waals surface area (Å²) >= 11 is 0. The fourth-order valence-corrected chi connectivity index (χ4v) is 2.28. The Balaban J connectivity index is 3.20. The van der Waals surface area contributed by atoms with Crippen LogP contribution in [0, 0.1) is 5.92 Å². The lowest BCUT2D eigenvalue weighted by Crippen LogP contribution is -2.29. The molecule has 0 radical (unpaired) electrons. The zero-order chi connectivity index (χ0) is 14.4. The summed E-state index contributed by atoms with van der Waals surface area (Å²) in [5.74, 6) is 3.09. The van der Waals surface area contributed by atoms with Crippen molar-refractivity contribution in [2.75, 3.05) is 29.9 Å². The molecule has 0 unspecified atom stereocenters. The van der Waals surface area contributed by atoms with E-state index in [4.69, 9.17) is 0 Å². The van der Waals surface area contributed by atoms with Crippen LogP contribution in [0.4, 0.5) is 11.6 Å². The zero-order valence-corrected chi connectivity index (χ0v) is 13.2. The summed E-state index contributed by atoms with van der Waals surface area (Å²) in [6.45, 7) is 16.0. The van der Waals surface area contributed by atoms with Crippen molar-refractivity contribution >= 4 is 11.6 Å². The van der Waals surface area contributed by atoms with Gasteiger partial charge in [-0.3, -0.25) is 0 Å². The van der Waals surface area contributed by atoms with Crippen LogP contribution in [0.2, 0.25) is 0 Å². The van der Waals surface area contributed by atoms with Gasteiger partial charge in [-0.05, 0) is 25.7 Å². The van der Waals surface area contributed by atoms with E-state index in [1.165, 1.54) is 5.56 Å². The molecule has 1 rings (SSSR count). The summed E-state index contributed by atoms with van der Waals surface area (Å²) in [6, 6.07) is 0. The molecule has 0 saturated heterocycles. The van der Waals surface area contributed by atoms with E-state index in [1.54, 1.807) is 6.33 Å². The summed E-state index contributed by atoms with van der Waals surface area (Å²) in [5, 5.41) is 3.35. The Bertz CT molecular complexity index is 388. The molecule has 19 heavy (non-hydrogen) atoms. The van der Waals surface area contributed by atoms with Crippen molar-refractivity contribution in [3.8, 4) is 0 Å². The number of nitrogens with zero attached hydrogens (tertiary/aromatic N) is 3. The van der Waals surface area contributed by atoms with Crippen LogP contribution in [-0.2, 0) is 0 Å². The molecule has 0 aliphatic rings. The van der Waals surface area contributed by atoms with Gasteiger partial charge in [0.15, 0.2) is 0 Å².